The van der Waals surface area contributed by atoms with Crippen LogP contribution in [0.3, 0.4) is 0 Å². The quantitative estimate of drug-likeness (QED) is 0.854. The van der Waals surface area contributed by atoms with Crippen LogP contribution in [0.4, 0.5) is 0 Å². The maximum absolute atomic E-state index is 10.4. The van der Waals surface area contributed by atoms with Gasteiger partial charge in [0.25, 0.3) is 0 Å². The van der Waals surface area contributed by atoms with E-state index in [1.165, 1.54) is 5.56 Å². The Kier molecular flexibility index (Phi) is 4.10. The normalized spacial score (nSPS) is 14.8. The Balaban J connectivity index is 1.90. The Bertz CT molecular complexity index is 646. The molecule has 2 aromatic rings. The van der Waals surface area contributed by atoms with Gasteiger partial charge in [-0.3, -0.25) is 4.98 Å². The van der Waals surface area contributed by atoms with Gasteiger partial charge in [0.05, 0.1) is 12.3 Å². The third-order valence-corrected chi connectivity index (χ3v) is 4.47. The second kappa shape index (κ2) is 5.84. The van der Waals surface area contributed by atoms with Gasteiger partial charge in [-0.15, -0.1) is 0 Å². The van der Waals surface area contributed by atoms with Crippen molar-refractivity contribution in [3.8, 4) is 5.75 Å². The summed E-state index contributed by atoms with van der Waals surface area (Å²) >= 11 is 6.94. The third kappa shape index (κ3) is 2.75. The summed E-state index contributed by atoms with van der Waals surface area (Å²) in [7, 11) is 0. The number of aliphatic hydroxyl groups is 1. The Morgan fingerprint density at radius 2 is 2.20 bits per heavy atom. The number of ether oxygens (including phenoxy) is 1. The molecule has 0 aliphatic carbocycles. The first kappa shape index (κ1) is 14.0. The molecule has 0 spiro atoms. The first-order valence-electron chi connectivity index (χ1n) is 6.37. The molecule has 3 rings (SSSR count). The molecule has 3 nitrogen and oxygen atoms in total. The Morgan fingerprint density at radius 3 is 3.00 bits per heavy atom. The highest BCUT2D eigenvalue weighted by atomic mass is 79.9. The number of benzene rings is 1. The minimum absolute atomic E-state index is 0.484. The molecule has 0 saturated carbocycles. The average molecular weight is 399 g/mol. The van der Waals surface area contributed by atoms with Crippen molar-refractivity contribution in [2.24, 2.45) is 0 Å². The molecule has 1 atom stereocenters. The molecule has 0 radical (unpaired) electrons. The highest BCUT2D eigenvalue weighted by Gasteiger charge is 2.21. The number of halogens is 2. The van der Waals surface area contributed by atoms with E-state index in [-0.39, 0.29) is 0 Å². The highest BCUT2D eigenvalue weighted by molar-refractivity contribution is 9.10. The molecule has 2 heterocycles. The number of fused-ring (bicyclic) bond motifs is 1. The molecule has 0 amide bonds. The fourth-order valence-electron chi connectivity index (χ4n) is 2.45. The summed E-state index contributed by atoms with van der Waals surface area (Å²) in [6, 6.07) is 7.80. The van der Waals surface area contributed by atoms with E-state index in [9.17, 15) is 5.11 Å². The molecular formula is C15H13Br2NO2. The molecule has 1 aliphatic heterocycles. The highest BCUT2D eigenvalue weighted by Crippen LogP contribution is 2.35. The van der Waals surface area contributed by atoms with Crippen molar-refractivity contribution in [3.63, 3.8) is 0 Å². The summed E-state index contributed by atoms with van der Waals surface area (Å²) in [5.41, 5.74) is 2.86. The van der Waals surface area contributed by atoms with Crippen molar-refractivity contribution < 1.29 is 9.84 Å². The van der Waals surface area contributed by atoms with Crippen molar-refractivity contribution in [1.82, 2.24) is 4.98 Å². The van der Waals surface area contributed by atoms with Gasteiger partial charge in [0, 0.05) is 28.0 Å². The number of aliphatic hydroxyl groups excluding tert-OH is 1. The monoisotopic (exact) mass is 397 g/mol. The predicted molar refractivity (Wildman–Crippen MR) is 83.9 cm³/mol. The zero-order chi connectivity index (χ0) is 14.1. The fourth-order valence-corrected chi connectivity index (χ4v) is 3.52. The fraction of sp³-hybridized carbons (Fsp3) is 0.267. The van der Waals surface area contributed by atoms with E-state index in [1.807, 2.05) is 18.2 Å². The van der Waals surface area contributed by atoms with Crippen LogP contribution in [0.15, 0.2) is 39.4 Å². The summed E-state index contributed by atoms with van der Waals surface area (Å²) < 4.78 is 7.52. The van der Waals surface area contributed by atoms with Gasteiger partial charge in [-0.2, -0.15) is 0 Å². The van der Waals surface area contributed by atoms with E-state index in [1.54, 1.807) is 6.20 Å². The largest absolute Gasteiger partial charge is 0.493 e. The van der Waals surface area contributed by atoms with Crippen LogP contribution in [0.1, 0.15) is 22.9 Å². The Labute approximate surface area is 134 Å². The maximum atomic E-state index is 10.4. The zero-order valence-corrected chi connectivity index (χ0v) is 13.8. The van der Waals surface area contributed by atoms with Crippen molar-refractivity contribution in [3.05, 3.63) is 56.2 Å². The van der Waals surface area contributed by atoms with Gasteiger partial charge in [0.2, 0.25) is 0 Å². The van der Waals surface area contributed by atoms with Crippen LogP contribution in [0.5, 0.6) is 5.75 Å². The van der Waals surface area contributed by atoms with Gasteiger partial charge >= 0.3 is 0 Å². The number of aromatic nitrogens is 1. The molecule has 1 aromatic heterocycles. The van der Waals surface area contributed by atoms with Crippen molar-refractivity contribution >= 4 is 31.9 Å². The second-order valence-electron chi connectivity index (χ2n) is 4.74. The number of pyridine rings is 1. The molecule has 5 heteroatoms. The summed E-state index contributed by atoms with van der Waals surface area (Å²) in [6.07, 6.45) is 2.43. The molecule has 0 saturated heterocycles. The van der Waals surface area contributed by atoms with Crippen LogP contribution >= 0.6 is 31.9 Å². The molecule has 1 N–H and O–H groups in total. The van der Waals surface area contributed by atoms with E-state index in [0.29, 0.717) is 18.7 Å². The number of rotatable bonds is 3. The van der Waals surface area contributed by atoms with Crippen LogP contribution in [-0.2, 0) is 12.8 Å². The summed E-state index contributed by atoms with van der Waals surface area (Å²) in [5, 5.41) is 10.4. The lowest BCUT2D eigenvalue weighted by molar-refractivity contribution is 0.171. The van der Waals surface area contributed by atoms with Gasteiger partial charge in [0.15, 0.2) is 0 Å². The summed E-state index contributed by atoms with van der Waals surface area (Å²) in [6.45, 7) is 0.710. The molecule has 0 bridgehead atoms. The molecule has 0 fully saturated rings. The Hall–Kier alpha value is -0.910. The third-order valence-electron chi connectivity index (χ3n) is 3.34. The first-order valence-corrected chi connectivity index (χ1v) is 7.96. The van der Waals surface area contributed by atoms with E-state index < -0.39 is 6.10 Å². The maximum Gasteiger partial charge on any atom is 0.125 e. The van der Waals surface area contributed by atoms with Gasteiger partial charge in [-0.1, -0.05) is 15.9 Å². The molecular weight excluding hydrogens is 386 g/mol. The van der Waals surface area contributed by atoms with Crippen LogP contribution < -0.4 is 4.74 Å². The number of hydrogen-bond donors (Lipinski definition) is 1. The van der Waals surface area contributed by atoms with Crippen molar-refractivity contribution in [2.75, 3.05) is 6.61 Å². The Morgan fingerprint density at radius 1 is 1.35 bits per heavy atom. The van der Waals surface area contributed by atoms with E-state index >= 15 is 0 Å². The number of nitrogens with zero attached hydrogens (tertiary/aromatic N) is 1. The average Bonchev–Trinajstić information content (AvgIpc) is 2.87. The molecule has 1 unspecified atom stereocenters. The molecule has 1 aliphatic rings. The lowest BCUT2D eigenvalue weighted by Gasteiger charge is -2.14. The van der Waals surface area contributed by atoms with Crippen molar-refractivity contribution in [1.29, 1.82) is 0 Å². The SMILES string of the molecule is OC(Cc1cc(Br)cc2c1OCC2)c1ncccc1Br. The first-order chi connectivity index (χ1) is 9.65. The molecule has 104 valence electrons. The summed E-state index contributed by atoms with van der Waals surface area (Å²) in [5.74, 6) is 0.916. The standard InChI is InChI=1S/C15H13Br2NO2/c16-11-6-9-3-5-20-15(9)10(7-11)8-13(19)14-12(17)2-1-4-18-14/h1-2,4,6-7,13,19H,3,5,8H2. The van der Waals surface area contributed by atoms with Gasteiger partial charge in [-0.05, 0) is 51.3 Å². The lowest BCUT2D eigenvalue weighted by atomic mass is 10.0. The van der Waals surface area contributed by atoms with Crippen LogP contribution in [0.25, 0.3) is 0 Å². The van der Waals surface area contributed by atoms with Gasteiger partial charge in [-0.25, -0.2) is 0 Å². The van der Waals surface area contributed by atoms with Crippen LogP contribution in [-0.4, -0.2) is 16.7 Å². The lowest BCUT2D eigenvalue weighted by Crippen LogP contribution is -2.06. The van der Waals surface area contributed by atoms with Gasteiger partial charge < -0.3 is 9.84 Å². The smallest absolute Gasteiger partial charge is 0.125 e. The predicted octanol–water partition coefficient (Wildman–Crippen LogP) is 3.82. The second-order valence-corrected chi connectivity index (χ2v) is 6.51. The molecule has 20 heavy (non-hydrogen) atoms. The molecule has 1 aromatic carbocycles. The summed E-state index contributed by atoms with van der Waals surface area (Å²) in [4.78, 5) is 4.24. The van der Waals surface area contributed by atoms with E-state index in [4.69, 9.17) is 4.74 Å². The van der Waals surface area contributed by atoms with Crippen LogP contribution in [0.2, 0.25) is 0 Å². The minimum Gasteiger partial charge on any atom is -0.493 e. The number of hydrogen-bond acceptors (Lipinski definition) is 3. The topological polar surface area (TPSA) is 42.4 Å². The zero-order valence-electron chi connectivity index (χ0n) is 10.6. The van der Waals surface area contributed by atoms with Crippen LogP contribution in [0, 0.1) is 0 Å². The van der Waals surface area contributed by atoms with Gasteiger partial charge in [0.1, 0.15) is 11.9 Å². The van der Waals surface area contributed by atoms with Crippen molar-refractivity contribution in [2.45, 2.75) is 18.9 Å². The minimum atomic E-state index is -0.659. The van der Waals surface area contributed by atoms with E-state index in [2.05, 4.69) is 42.9 Å². The van der Waals surface area contributed by atoms with E-state index in [0.717, 1.165) is 26.7 Å².